The molecule has 1 aliphatic rings. The summed E-state index contributed by atoms with van der Waals surface area (Å²) in [7, 11) is 0. The minimum Gasteiger partial charge on any atom is -0.467 e. The molecule has 0 bridgehead atoms. The maximum absolute atomic E-state index is 13.3. The van der Waals surface area contributed by atoms with E-state index in [1.165, 1.54) is 11.2 Å². The lowest BCUT2D eigenvalue weighted by atomic mass is 9.95. The third-order valence-electron chi connectivity index (χ3n) is 5.49. The minimum atomic E-state index is -0.276. The van der Waals surface area contributed by atoms with Gasteiger partial charge in [0.25, 0.3) is 5.91 Å². The first-order valence-electron chi connectivity index (χ1n) is 10.6. The maximum atomic E-state index is 13.3. The van der Waals surface area contributed by atoms with E-state index in [2.05, 4.69) is 5.32 Å². The molecule has 3 amide bonds. The summed E-state index contributed by atoms with van der Waals surface area (Å²) in [6.45, 7) is 1.04. The summed E-state index contributed by atoms with van der Waals surface area (Å²) in [6, 6.07) is 16.0. The molecular formula is C24H25N3O5. The zero-order valence-electron chi connectivity index (χ0n) is 17.6. The largest absolute Gasteiger partial charge is 0.467 e. The first-order valence-corrected chi connectivity index (χ1v) is 10.6. The van der Waals surface area contributed by atoms with Gasteiger partial charge in [0.05, 0.1) is 19.1 Å². The van der Waals surface area contributed by atoms with E-state index in [0.717, 1.165) is 0 Å². The molecule has 1 fully saturated rings. The van der Waals surface area contributed by atoms with Crippen molar-refractivity contribution >= 4 is 23.4 Å². The molecule has 1 aliphatic heterocycles. The summed E-state index contributed by atoms with van der Waals surface area (Å²) in [5.41, 5.74) is 0.674. The Hall–Kier alpha value is -3.81. The highest BCUT2D eigenvalue weighted by molar-refractivity contribution is 5.95. The van der Waals surface area contributed by atoms with Crippen molar-refractivity contribution in [2.75, 3.05) is 25.0 Å². The number of likely N-dealkylation sites (tertiary alicyclic amines) is 1. The number of piperidine rings is 1. The van der Waals surface area contributed by atoms with E-state index in [0.29, 0.717) is 43.1 Å². The Kier molecular flexibility index (Phi) is 6.69. The highest BCUT2D eigenvalue weighted by atomic mass is 16.3. The van der Waals surface area contributed by atoms with Gasteiger partial charge in [-0.05, 0) is 49.2 Å². The van der Waals surface area contributed by atoms with Crippen molar-refractivity contribution in [2.24, 2.45) is 5.92 Å². The van der Waals surface area contributed by atoms with Gasteiger partial charge in [-0.15, -0.1) is 0 Å². The van der Waals surface area contributed by atoms with Gasteiger partial charge in [0, 0.05) is 24.7 Å². The van der Waals surface area contributed by atoms with Crippen molar-refractivity contribution in [1.29, 1.82) is 0 Å². The summed E-state index contributed by atoms with van der Waals surface area (Å²) in [5.74, 6) is 0.0741. The van der Waals surface area contributed by atoms with Crippen molar-refractivity contribution in [3.05, 3.63) is 78.6 Å². The van der Waals surface area contributed by atoms with E-state index >= 15 is 0 Å². The SMILES string of the molecule is O=C(CN(Cc1ccco1)C(=O)C1CCN(C(=O)c2ccco2)CC1)Nc1ccccc1. The van der Waals surface area contributed by atoms with Gasteiger partial charge in [-0.2, -0.15) is 0 Å². The number of carbonyl (C=O) groups excluding carboxylic acids is 3. The third kappa shape index (κ3) is 5.26. The molecule has 8 heteroatoms. The average Bonchev–Trinajstić information content (AvgIpc) is 3.53. The molecule has 1 N–H and O–H groups in total. The second-order valence-corrected chi connectivity index (χ2v) is 7.73. The Morgan fingerprint density at radius 3 is 2.31 bits per heavy atom. The number of nitrogens with one attached hydrogen (secondary N) is 1. The summed E-state index contributed by atoms with van der Waals surface area (Å²) in [6.07, 6.45) is 4.07. The van der Waals surface area contributed by atoms with Gasteiger partial charge in [-0.1, -0.05) is 18.2 Å². The lowest BCUT2D eigenvalue weighted by Gasteiger charge is -2.33. The normalized spacial score (nSPS) is 14.2. The predicted octanol–water partition coefficient (Wildman–Crippen LogP) is 3.39. The van der Waals surface area contributed by atoms with Crippen LogP contribution in [0.2, 0.25) is 0 Å². The summed E-state index contributed by atoms with van der Waals surface area (Å²) in [4.78, 5) is 41.6. The molecule has 32 heavy (non-hydrogen) atoms. The number of benzene rings is 1. The summed E-state index contributed by atoms with van der Waals surface area (Å²) >= 11 is 0. The number of nitrogens with zero attached hydrogens (tertiary/aromatic N) is 2. The molecule has 1 saturated heterocycles. The minimum absolute atomic E-state index is 0.0834. The van der Waals surface area contributed by atoms with Crippen LogP contribution in [0.5, 0.6) is 0 Å². The van der Waals surface area contributed by atoms with Gasteiger partial charge in [0.15, 0.2) is 5.76 Å². The van der Waals surface area contributed by atoms with Crippen LogP contribution >= 0.6 is 0 Å². The molecule has 2 aromatic heterocycles. The number of furan rings is 2. The second kappa shape index (κ2) is 10.00. The van der Waals surface area contributed by atoms with Crippen LogP contribution < -0.4 is 5.32 Å². The lowest BCUT2D eigenvalue weighted by molar-refractivity contribution is -0.140. The van der Waals surface area contributed by atoms with Gasteiger partial charge < -0.3 is 24.0 Å². The molecule has 166 valence electrons. The van der Waals surface area contributed by atoms with Crippen LogP contribution in [0.4, 0.5) is 5.69 Å². The van der Waals surface area contributed by atoms with Crippen LogP contribution in [0.15, 0.2) is 76.0 Å². The Balaban J connectivity index is 1.38. The molecule has 0 atom stereocenters. The molecule has 4 rings (SSSR count). The molecule has 3 heterocycles. The van der Waals surface area contributed by atoms with E-state index in [-0.39, 0.29) is 36.7 Å². The third-order valence-corrected chi connectivity index (χ3v) is 5.49. The van der Waals surface area contributed by atoms with E-state index < -0.39 is 0 Å². The number of anilines is 1. The van der Waals surface area contributed by atoms with E-state index in [1.807, 2.05) is 18.2 Å². The highest BCUT2D eigenvalue weighted by Gasteiger charge is 2.32. The fraction of sp³-hybridized carbons (Fsp3) is 0.292. The Morgan fingerprint density at radius 2 is 1.66 bits per heavy atom. The summed E-state index contributed by atoms with van der Waals surface area (Å²) < 4.78 is 10.6. The predicted molar refractivity (Wildman–Crippen MR) is 117 cm³/mol. The lowest BCUT2D eigenvalue weighted by Crippen LogP contribution is -2.46. The molecule has 1 aromatic carbocycles. The van der Waals surface area contributed by atoms with Gasteiger partial charge in [0.2, 0.25) is 11.8 Å². The standard InChI is InChI=1S/C24H25N3O5/c28-22(25-19-6-2-1-3-7-19)17-27(16-20-8-4-14-31-20)23(29)18-10-12-26(13-11-18)24(30)21-9-5-15-32-21/h1-9,14-15,18H,10-13,16-17H2,(H,25,28). The number of rotatable bonds is 7. The Morgan fingerprint density at radius 1 is 0.938 bits per heavy atom. The Bertz CT molecular complexity index is 1020. The zero-order valence-corrected chi connectivity index (χ0v) is 17.6. The van der Waals surface area contributed by atoms with Gasteiger partial charge in [-0.3, -0.25) is 14.4 Å². The van der Waals surface area contributed by atoms with Crippen molar-refractivity contribution in [1.82, 2.24) is 9.80 Å². The monoisotopic (exact) mass is 435 g/mol. The fourth-order valence-electron chi connectivity index (χ4n) is 3.84. The Labute approximate surface area is 185 Å². The van der Waals surface area contributed by atoms with Gasteiger partial charge in [0.1, 0.15) is 12.3 Å². The number of hydrogen-bond donors (Lipinski definition) is 1. The quantitative estimate of drug-likeness (QED) is 0.614. The number of hydrogen-bond acceptors (Lipinski definition) is 5. The van der Waals surface area contributed by atoms with Crippen molar-refractivity contribution in [3.63, 3.8) is 0 Å². The van der Waals surface area contributed by atoms with Crippen molar-refractivity contribution in [2.45, 2.75) is 19.4 Å². The molecule has 0 spiro atoms. The number of carbonyl (C=O) groups is 3. The van der Waals surface area contributed by atoms with E-state index in [1.54, 1.807) is 47.6 Å². The molecular weight excluding hydrogens is 410 g/mol. The van der Waals surface area contributed by atoms with Gasteiger partial charge >= 0.3 is 0 Å². The van der Waals surface area contributed by atoms with Crippen LogP contribution in [-0.2, 0) is 16.1 Å². The first kappa shape index (κ1) is 21.4. The smallest absolute Gasteiger partial charge is 0.289 e. The number of para-hydroxylation sites is 1. The van der Waals surface area contributed by atoms with Crippen LogP contribution in [-0.4, -0.2) is 47.2 Å². The van der Waals surface area contributed by atoms with E-state index in [4.69, 9.17) is 8.83 Å². The van der Waals surface area contributed by atoms with Crippen LogP contribution in [0, 0.1) is 5.92 Å². The van der Waals surface area contributed by atoms with Crippen molar-refractivity contribution in [3.8, 4) is 0 Å². The average molecular weight is 435 g/mol. The maximum Gasteiger partial charge on any atom is 0.289 e. The first-order chi connectivity index (χ1) is 15.6. The van der Waals surface area contributed by atoms with E-state index in [9.17, 15) is 14.4 Å². The van der Waals surface area contributed by atoms with Crippen LogP contribution in [0.25, 0.3) is 0 Å². The summed E-state index contributed by atoms with van der Waals surface area (Å²) in [5, 5.41) is 2.82. The fourth-order valence-corrected chi connectivity index (χ4v) is 3.84. The van der Waals surface area contributed by atoms with Crippen LogP contribution in [0.3, 0.4) is 0 Å². The van der Waals surface area contributed by atoms with Crippen molar-refractivity contribution < 1.29 is 23.2 Å². The molecule has 3 aromatic rings. The number of amides is 3. The van der Waals surface area contributed by atoms with Crippen LogP contribution in [0.1, 0.15) is 29.2 Å². The molecule has 0 saturated carbocycles. The second-order valence-electron chi connectivity index (χ2n) is 7.73. The highest BCUT2D eigenvalue weighted by Crippen LogP contribution is 2.22. The molecule has 0 radical (unpaired) electrons. The topological polar surface area (TPSA) is 96.0 Å². The molecule has 0 aliphatic carbocycles. The zero-order chi connectivity index (χ0) is 22.3. The van der Waals surface area contributed by atoms with Gasteiger partial charge in [-0.25, -0.2) is 0 Å². The molecule has 0 unspecified atom stereocenters. The molecule has 8 nitrogen and oxygen atoms in total.